The van der Waals surface area contributed by atoms with Crippen LogP contribution >= 0.6 is 0 Å². The van der Waals surface area contributed by atoms with Crippen LogP contribution < -0.4 is 10.5 Å². The third-order valence-corrected chi connectivity index (χ3v) is 6.38. The van der Waals surface area contributed by atoms with Crippen LogP contribution in [0.3, 0.4) is 0 Å². The fourth-order valence-corrected chi connectivity index (χ4v) is 5.23. The summed E-state index contributed by atoms with van der Waals surface area (Å²) >= 11 is 0. The highest BCUT2D eigenvalue weighted by molar-refractivity contribution is 5.68. The Balaban J connectivity index is 1.50. The number of hydrogen-bond acceptors (Lipinski definition) is 4. The Morgan fingerprint density at radius 1 is 1.17 bits per heavy atom. The Hall–Kier alpha value is -3.14. The lowest BCUT2D eigenvalue weighted by atomic mass is 9.80. The summed E-state index contributed by atoms with van der Waals surface area (Å²) in [6.07, 6.45) is 1.08. The maximum absolute atomic E-state index is 12.7. The van der Waals surface area contributed by atoms with Crippen molar-refractivity contribution >= 4 is 0 Å². The van der Waals surface area contributed by atoms with Crippen LogP contribution in [0, 0.1) is 17.2 Å². The van der Waals surface area contributed by atoms with E-state index in [9.17, 15) is 15.2 Å². The molecule has 1 saturated heterocycles. The van der Waals surface area contributed by atoms with Gasteiger partial charge in [0.2, 0.25) is 0 Å². The second-order valence-electron chi connectivity index (χ2n) is 8.43. The smallest absolute Gasteiger partial charge is 0.250 e. The molecule has 6 nitrogen and oxygen atoms in total. The Kier molecular flexibility index (Phi) is 4.78. The van der Waals surface area contributed by atoms with Gasteiger partial charge in [0.15, 0.2) is 5.76 Å². The number of aliphatic hydroxyl groups is 1. The fourth-order valence-electron chi connectivity index (χ4n) is 5.23. The highest BCUT2D eigenvalue weighted by Gasteiger charge is 2.39. The van der Waals surface area contributed by atoms with Gasteiger partial charge in [-0.25, -0.2) is 0 Å². The summed E-state index contributed by atoms with van der Waals surface area (Å²) in [5.74, 6) is 2.23. The molecule has 3 aromatic rings. The first-order chi connectivity index (χ1) is 14.6. The minimum Gasteiger partial charge on any atom is -0.458 e. The van der Waals surface area contributed by atoms with Crippen molar-refractivity contribution in [3.8, 4) is 17.2 Å². The summed E-state index contributed by atoms with van der Waals surface area (Å²) in [5.41, 5.74) is 3.82. The van der Waals surface area contributed by atoms with Crippen LogP contribution in [0.15, 0.2) is 57.7 Å². The minimum atomic E-state index is -0.0814. The first-order valence-electron chi connectivity index (χ1n) is 10.4. The van der Waals surface area contributed by atoms with E-state index < -0.39 is 0 Å². The van der Waals surface area contributed by atoms with E-state index in [4.69, 9.17) is 4.42 Å². The molecular weight excluding hydrogens is 378 g/mol. The largest absolute Gasteiger partial charge is 0.458 e. The number of piperidine rings is 1. The van der Waals surface area contributed by atoms with Crippen molar-refractivity contribution in [3.05, 3.63) is 81.7 Å². The van der Waals surface area contributed by atoms with Crippen LogP contribution in [0.1, 0.15) is 35.1 Å². The Labute approximate surface area is 174 Å². The van der Waals surface area contributed by atoms with Crippen molar-refractivity contribution in [3.63, 3.8) is 0 Å². The number of benzene rings is 1. The Morgan fingerprint density at radius 3 is 2.83 bits per heavy atom. The first kappa shape index (κ1) is 18.9. The lowest BCUT2D eigenvalue weighted by molar-refractivity contribution is -0.925. The summed E-state index contributed by atoms with van der Waals surface area (Å²) in [6.45, 7) is 3.37. The molecule has 0 saturated carbocycles. The zero-order chi connectivity index (χ0) is 20.7. The van der Waals surface area contributed by atoms with Crippen LogP contribution in [-0.4, -0.2) is 22.8 Å². The van der Waals surface area contributed by atoms with E-state index >= 15 is 0 Å². The molecule has 1 aromatic carbocycles. The van der Waals surface area contributed by atoms with Gasteiger partial charge < -0.3 is 19.0 Å². The zero-order valence-corrected chi connectivity index (χ0v) is 16.7. The molecule has 5 rings (SSSR count). The molecule has 2 aliphatic heterocycles. The lowest BCUT2D eigenvalue weighted by Gasteiger charge is -2.41. The van der Waals surface area contributed by atoms with Crippen LogP contribution in [0.5, 0.6) is 0 Å². The molecule has 152 valence electrons. The van der Waals surface area contributed by atoms with Crippen molar-refractivity contribution < 1.29 is 14.4 Å². The van der Waals surface area contributed by atoms with E-state index in [0.29, 0.717) is 17.2 Å². The van der Waals surface area contributed by atoms with Gasteiger partial charge in [-0.15, -0.1) is 0 Å². The second kappa shape index (κ2) is 7.60. The highest BCUT2D eigenvalue weighted by atomic mass is 16.4. The molecule has 2 N–H and O–H groups in total. The van der Waals surface area contributed by atoms with Gasteiger partial charge in [-0.2, -0.15) is 5.26 Å². The fraction of sp³-hybridized carbons (Fsp3) is 0.333. The topological polar surface area (TPSA) is 83.6 Å². The van der Waals surface area contributed by atoms with Crippen molar-refractivity contribution in [1.82, 2.24) is 4.57 Å². The van der Waals surface area contributed by atoms with Gasteiger partial charge in [0, 0.05) is 35.7 Å². The molecule has 1 unspecified atom stereocenters. The number of furan rings is 1. The third-order valence-electron chi connectivity index (χ3n) is 6.38. The number of quaternary nitrogens is 1. The maximum atomic E-state index is 12.7. The number of pyridine rings is 1. The SMILES string of the molecule is N#Cc1cccc(-c2ccc(=O)n3c2[C@@H]2C[C@H](C3)C[NH+](Cc3ccc(CO)o3)C2)c1. The molecule has 2 aromatic heterocycles. The normalized spacial score (nSPS) is 22.3. The van der Waals surface area contributed by atoms with Gasteiger partial charge in [0.25, 0.3) is 5.56 Å². The number of nitriles is 1. The van der Waals surface area contributed by atoms with Gasteiger partial charge in [-0.3, -0.25) is 4.79 Å². The number of fused-ring (bicyclic) bond motifs is 4. The predicted octanol–water partition coefficient (Wildman–Crippen LogP) is 1.67. The highest BCUT2D eigenvalue weighted by Crippen LogP contribution is 2.37. The molecular formula is C24H24N3O3+. The minimum absolute atomic E-state index is 0.0574. The number of aliphatic hydroxyl groups excluding tert-OH is 1. The van der Waals surface area contributed by atoms with Crippen LogP contribution in [0.25, 0.3) is 11.1 Å². The number of nitrogens with zero attached hydrogens (tertiary/aromatic N) is 2. The van der Waals surface area contributed by atoms with Gasteiger partial charge >= 0.3 is 0 Å². The Bertz CT molecular complexity index is 1190. The molecule has 1 fully saturated rings. The molecule has 0 spiro atoms. The standard InChI is InChI=1S/C24H23N3O3/c25-10-16-2-1-3-18(8-16)22-6-7-23(29)27-12-17-9-19(24(22)27)13-26(11-17)14-20-4-5-21(15-28)30-20/h1-8,17,19,28H,9,11-15H2/p+1/t17-,19+/m0/s1. The third kappa shape index (κ3) is 3.36. The number of hydrogen-bond donors (Lipinski definition) is 2. The van der Waals surface area contributed by atoms with Crippen LogP contribution in [0.4, 0.5) is 0 Å². The van der Waals surface area contributed by atoms with Gasteiger partial charge in [-0.1, -0.05) is 12.1 Å². The number of likely N-dealkylation sites (tertiary alicyclic amines) is 1. The molecule has 0 amide bonds. The molecule has 3 atom stereocenters. The van der Waals surface area contributed by atoms with Crippen molar-refractivity contribution in [1.29, 1.82) is 5.26 Å². The molecule has 0 radical (unpaired) electrons. The monoisotopic (exact) mass is 402 g/mol. The maximum Gasteiger partial charge on any atom is 0.250 e. The summed E-state index contributed by atoms with van der Waals surface area (Å²) in [4.78, 5) is 14.1. The Morgan fingerprint density at radius 2 is 2.03 bits per heavy atom. The van der Waals surface area contributed by atoms with Gasteiger partial charge in [-0.05, 0) is 42.3 Å². The first-order valence-corrected chi connectivity index (χ1v) is 10.4. The van der Waals surface area contributed by atoms with E-state index in [2.05, 4.69) is 6.07 Å². The lowest BCUT2D eigenvalue weighted by Crippen LogP contribution is -3.13. The summed E-state index contributed by atoms with van der Waals surface area (Å²) in [7, 11) is 0. The van der Waals surface area contributed by atoms with Crippen LogP contribution in [0.2, 0.25) is 0 Å². The zero-order valence-electron chi connectivity index (χ0n) is 16.7. The number of aromatic nitrogens is 1. The molecule has 0 aliphatic carbocycles. The van der Waals surface area contributed by atoms with E-state index in [0.717, 1.165) is 55.2 Å². The van der Waals surface area contributed by atoms with Crippen molar-refractivity contribution in [2.75, 3.05) is 13.1 Å². The number of rotatable bonds is 4. The van der Waals surface area contributed by atoms with Crippen molar-refractivity contribution in [2.45, 2.75) is 32.0 Å². The molecule has 30 heavy (non-hydrogen) atoms. The molecule has 4 heterocycles. The average Bonchev–Trinajstić information content (AvgIpc) is 3.22. The summed E-state index contributed by atoms with van der Waals surface area (Å²) in [5, 5.41) is 18.5. The quantitative estimate of drug-likeness (QED) is 0.696. The van der Waals surface area contributed by atoms with E-state index in [1.165, 1.54) is 4.90 Å². The predicted molar refractivity (Wildman–Crippen MR) is 111 cm³/mol. The van der Waals surface area contributed by atoms with Crippen molar-refractivity contribution in [2.24, 2.45) is 5.92 Å². The second-order valence-corrected chi connectivity index (χ2v) is 8.43. The summed E-state index contributed by atoms with van der Waals surface area (Å²) < 4.78 is 7.67. The van der Waals surface area contributed by atoms with E-state index in [-0.39, 0.29) is 18.1 Å². The molecule has 2 aliphatic rings. The molecule has 6 heteroatoms. The number of nitrogens with one attached hydrogen (secondary N) is 1. The van der Waals surface area contributed by atoms with E-state index in [1.807, 2.05) is 41.0 Å². The molecule has 2 bridgehead atoms. The van der Waals surface area contributed by atoms with Crippen LogP contribution in [-0.2, 0) is 19.7 Å². The van der Waals surface area contributed by atoms with Gasteiger partial charge in [0.1, 0.15) is 18.9 Å². The van der Waals surface area contributed by atoms with Gasteiger partial charge in [0.05, 0.1) is 24.7 Å². The summed E-state index contributed by atoms with van der Waals surface area (Å²) in [6, 6.07) is 17.2. The average molecular weight is 402 g/mol. The van der Waals surface area contributed by atoms with E-state index in [1.54, 1.807) is 12.1 Å².